The van der Waals surface area contributed by atoms with Crippen LogP contribution < -0.4 is 4.72 Å². The molecular formula is C9H10N2O2S2. The minimum atomic E-state index is -3.45. The maximum atomic E-state index is 11.6. The maximum Gasteiger partial charge on any atom is 0.250 e. The Morgan fingerprint density at radius 1 is 1.60 bits per heavy atom. The van der Waals surface area contributed by atoms with Gasteiger partial charge in [-0.1, -0.05) is 6.08 Å². The maximum absolute atomic E-state index is 11.6. The lowest BCUT2D eigenvalue weighted by molar-refractivity contribution is 0.584. The number of nitrogens with one attached hydrogen (secondary N) is 1. The minimum absolute atomic E-state index is 0.170. The SMILES string of the molecule is C=CCCNS(=O)(=O)c1ccc(C#N)s1. The molecule has 0 saturated heterocycles. The third-order valence-corrected chi connectivity index (χ3v) is 4.54. The first kappa shape index (κ1) is 11.9. The molecule has 0 bridgehead atoms. The van der Waals surface area contributed by atoms with E-state index in [4.69, 9.17) is 5.26 Å². The number of hydrogen-bond donors (Lipinski definition) is 1. The molecule has 6 heteroatoms. The summed E-state index contributed by atoms with van der Waals surface area (Å²) >= 11 is 0.960. The zero-order valence-corrected chi connectivity index (χ0v) is 9.57. The van der Waals surface area contributed by atoms with Crippen molar-refractivity contribution in [1.82, 2.24) is 4.72 Å². The highest BCUT2D eigenvalue weighted by Crippen LogP contribution is 2.20. The molecule has 0 aliphatic carbocycles. The summed E-state index contributed by atoms with van der Waals surface area (Å²) in [7, 11) is -3.45. The van der Waals surface area contributed by atoms with E-state index in [1.807, 2.05) is 6.07 Å². The highest BCUT2D eigenvalue weighted by Gasteiger charge is 2.15. The van der Waals surface area contributed by atoms with E-state index in [9.17, 15) is 8.42 Å². The molecular weight excluding hydrogens is 232 g/mol. The Bertz CT molecular complexity index is 482. The summed E-state index contributed by atoms with van der Waals surface area (Å²) in [6, 6.07) is 4.82. The molecule has 1 heterocycles. The summed E-state index contributed by atoms with van der Waals surface area (Å²) in [6.45, 7) is 3.82. The second-order valence-electron chi connectivity index (χ2n) is 2.71. The van der Waals surface area contributed by atoms with Crippen molar-refractivity contribution in [1.29, 1.82) is 5.26 Å². The average Bonchev–Trinajstić information content (AvgIpc) is 2.66. The number of hydrogen-bond acceptors (Lipinski definition) is 4. The molecule has 0 saturated carbocycles. The lowest BCUT2D eigenvalue weighted by Crippen LogP contribution is -2.23. The zero-order chi connectivity index (χ0) is 11.3. The van der Waals surface area contributed by atoms with Crippen molar-refractivity contribution in [2.24, 2.45) is 0 Å². The van der Waals surface area contributed by atoms with Crippen molar-refractivity contribution in [2.45, 2.75) is 10.6 Å². The predicted octanol–water partition coefficient (Wildman–Crippen LogP) is 1.47. The van der Waals surface area contributed by atoms with E-state index in [-0.39, 0.29) is 4.21 Å². The molecule has 0 amide bonds. The molecule has 0 aliphatic heterocycles. The smallest absolute Gasteiger partial charge is 0.210 e. The number of thiophene rings is 1. The Balaban J connectivity index is 2.78. The summed E-state index contributed by atoms with van der Waals surface area (Å²) in [5.41, 5.74) is 0. The second-order valence-corrected chi connectivity index (χ2v) is 5.78. The van der Waals surface area contributed by atoms with Crippen LogP contribution >= 0.6 is 11.3 Å². The summed E-state index contributed by atoms with van der Waals surface area (Å²) in [4.78, 5) is 0.388. The monoisotopic (exact) mass is 242 g/mol. The topological polar surface area (TPSA) is 70.0 Å². The third kappa shape index (κ3) is 3.16. The van der Waals surface area contributed by atoms with Gasteiger partial charge in [-0.25, -0.2) is 13.1 Å². The van der Waals surface area contributed by atoms with Gasteiger partial charge in [0.05, 0.1) is 0 Å². The molecule has 1 aromatic heterocycles. The fourth-order valence-electron chi connectivity index (χ4n) is 0.891. The molecule has 4 nitrogen and oxygen atoms in total. The Labute approximate surface area is 92.9 Å². The van der Waals surface area contributed by atoms with Crippen molar-refractivity contribution in [3.8, 4) is 6.07 Å². The summed E-state index contributed by atoms with van der Waals surface area (Å²) < 4.78 is 25.8. The number of rotatable bonds is 5. The van der Waals surface area contributed by atoms with Crippen LogP contribution in [0.3, 0.4) is 0 Å². The van der Waals surface area contributed by atoms with E-state index in [2.05, 4.69) is 11.3 Å². The largest absolute Gasteiger partial charge is 0.250 e. The average molecular weight is 242 g/mol. The molecule has 0 radical (unpaired) electrons. The molecule has 0 atom stereocenters. The van der Waals surface area contributed by atoms with E-state index in [1.54, 1.807) is 6.08 Å². The van der Waals surface area contributed by atoms with Crippen LogP contribution in [0.25, 0.3) is 0 Å². The Kier molecular flexibility index (Phi) is 4.03. The molecule has 0 aliphatic rings. The summed E-state index contributed by atoms with van der Waals surface area (Å²) in [6.07, 6.45) is 2.22. The van der Waals surface area contributed by atoms with Crippen LogP contribution in [-0.2, 0) is 10.0 Å². The molecule has 0 fully saturated rings. The van der Waals surface area contributed by atoms with Crippen LogP contribution in [0.5, 0.6) is 0 Å². The van der Waals surface area contributed by atoms with Crippen LogP contribution in [0.4, 0.5) is 0 Å². The fraction of sp³-hybridized carbons (Fsp3) is 0.222. The van der Waals surface area contributed by atoms with Gasteiger partial charge in [-0.15, -0.1) is 17.9 Å². The van der Waals surface area contributed by atoms with Gasteiger partial charge in [-0.3, -0.25) is 0 Å². The van der Waals surface area contributed by atoms with Crippen LogP contribution in [-0.4, -0.2) is 15.0 Å². The first-order valence-corrected chi connectivity index (χ1v) is 6.50. The molecule has 15 heavy (non-hydrogen) atoms. The van der Waals surface area contributed by atoms with Gasteiger partial charge in [0.25, 0.3) is 0 Å². The molecule has 0 aromatic carbocycles. The summed E-state index contributed by atoms with van der Waals surface area (Å²) in [5, 5.41) is 8.56. The van der Waals surface area contributed by atoms with Gasteiger partial charge < -0.3 is 0 Å². The molecule has 1 N–H and O–H groups in total. The number of nitriles is 1. The van der Waals surface area contributed by atoms with Crippen molar-refractivity contribution >= 4 is 21.4 Å². The van der Waals surface area contributed by atoms with Gasteiger partial charge in [0.1, 0.15) is 15.2 Å². The highest BCUT2D eigenvalue weighted by molar-refractivity contribution is 7.91. The first-order valence-electron chi connectivity index (χ1n) is 4.20. The molecule has 1 aromatic rings. The highest BCUT2D eigenvalue weighted by atomic mass is 32.2. The van der Waals surface area contributed by atoms with Crippen LogP contribution in [0.2, 0.25) is 0 Å². The number of nitrogens with zero attached hydrogens (tertiary/aromatic N) is 1. The Morgan fingerprint density at radius 2 is 2.33 bits per heavy atom. The fourth-order valence-corrected chi connectivity index (χ4v) is 3.09. The lowest BCUT2D eigenvalue weighted by atomic mass is 10.4. The van der Waals surface area contributed by atoms with E-state index < -0.39 is 10.0 Å². The van der Waals surface area contributed by atoms with Gasteiger partial charge in [-0.05, 0) is 18.6 Å². The van der Waals surface area contributed by atoms with Crippen molar-refractivity contribution in [2.75, 3.05) is 6.54 Å². The number of sulfonamides is 1. The predicted molar refractivity (Wildman–Crippen MR) is 59.0 cm³/mol. The lowest BCUT2D eigenvalue weighted by Gasteiger charge is -2.01. The van der Waals surface area contributed by atoms with E-state index in [0.717, 1.165) is 11.3 Å². The van der Waals surface area contributed by atoms with E-state index >= 15 is 0 Å². The van der Waals surface area contributed by atoms with Gasteiger partial charge in [0, 0.05) is 6.54 Å². The Morgan fingerprint density at radius 3 is 2.87 bits per heavy atom. The Hall–Kier alpha value is -1.16. The minimum Gasteiger partial charge on any atom is -0.210 e. The van der Waals surface area contributed by atoms with Crippen LogP contribution in [0.1, 0.15) is 11.3 Å². The van der Waals surface area contributed by atoms with Crippen LogP contribution in [0.15, 0.2) is 29.0 Å². The second kappa shape index (κ2) is 5.07. The molecule has 80 valence electrons. The van der Waals surface area contributed by atoms with Crippen molar-refractivity contribution < 1.29 is 8.42 Å². The quantitative estimate of drug-likeness (QED) is 0.628. The molecule has 0 unspecified atom stereocenters. The molecule has 0 spiro atoms. The first-order chi connectivity index (χ1) is 7.10. The van der Waals surface area contributed by atoms with Crippen LogP contribution in [0, 0.1) is 11.3 Å². The van der Waals surface area contributed by atoms with E-state index in [1.165, 1.54) is 12.1 Å². The standard InChI is InChI=1S/C9H10N2O2S2/c1-2-3-6-11-15(12,13)9-5-4-8(7-10)14-9/h2,4-5,11H,1,3,6H2. The van der Waals surface area contributed by atoms with Crippen molar-refractivity contribution in [3.05, 3.63) is 29.7 Å². The van der Waals surface area contributed by atoms with Crippen molar-refractivity contribution in [3.63, 3.8) is 0 Å². The van der Waals surface area contributed by atoms with Gasteiger partial charge >= 0.3 is 0 Å². The third-order valence-electron chi connectivity index (χ3n) is 1.60. The van der Waals surface area contributed by atoms with Gasteiger partial charge in [0.2, 0.25) is 10.0 Å². The zero-order valence-electron chi connectivity index (χ0n) is 7.93. The normalized spacial score (nSPS) is 10.9. The molecule has 1 rings (SSSR count). The van der Waals surface area contributed by atoms with Gasteiger partial charge in [-0.2, -0.15) is 5.26 Å². The van der Waals surface area contributed by atoms with E-state index in [0.29, 0.717) is 17.8 Å². The van der Waals surface area contributed by atoms with Gasteiger partial charge in [0.15, 0.2) is 0 Å². The summed E-state index contributed by atoms with van der Waals surface area (Å²) in [5.74, 6) is 0.